The standard InChI is InChI=1S/C30H22N2/c1-21-10-17-27(18-11-21)32(26-8-3-2-4-9-26)31-20-25-15-14-24-13-12-22-6-5-7-23-16-19-28(25)30(24)29(22)23/h2-20H,1H3. The van der Waals surface area contributed by atoms with Crippen LogP contribution >= 0.6 is 0 Å². The molecule has 32 heavy (non-hydrogen) atoms. The van der Waals surface area contributed by atoms with E-state index in [0.717, 1.165) is 16.9 Å². The summed E-state index contributed by atoms with van der Waals surface area (Å²) in [4.78, 5) is 0. The van der Waals surface area contributed by atoms with Crippen molar-refractivity contribution in [2.75, 3.05) is 5.01 Å². The van der Waals surface area contributed by atoms with Crippen molar-refractivity contribution >= 4 is 49.9 Å². The lowest BCUT2D eigenvalue weighted by Crippen LogP contribution is -2.09. The van der Waals surface area contributed by atoms with Gasteiger partial charge in [0.2, 0.25) is 0 Å². The van der Waals surface area contributed by atoms with Crippen LogP contribution in [-0.2, 0) is 0 Å². The summed E-state index contributed by atoms with van der Waals surface area (Å²) in [7, 11) is 0. The molecule has 6 aromatic carbocycles. The van der Waals surface area contributed by atoms with Crippen LogP contribution in [0.3, 0.4) is 0 Å². The Kier molecular flexibility index (Phi) is 4.36. The molecule has 0 aliphatic heterocycles. The maximum Gasteiger partial charge on any atom is 0.0652 e. The second-order valence-corrected chi connectivity index (χ2v) is 8.24. The minimum atomic E-state index is 1.03. The molecule has 0 bridgehead atoms. The van der Waals surface area contributed by atoms with Crippen molar-refractivity contribution in [3.05, 3.63) is 120 Å². The molecule has 0 aromatic heterocycles. The van der Waals surface area contributed by atoms with Gasteiger partial charge in [0.15, 0.2) is 0 Å². The number of hydrazone groups is 1. The van der Waals surface area contributed by atoms with Crippen molar-refractivity contribution < 1.29 is 0 Å². The van der Waals surface area contributed by atoms with Gasteiger partial charge in [-0.1, -0.05) is 90.5 Å². The van der Waals surface area contributed by atoms with Crippen LogP contribution in [0.4, 0.5) is 11.4 Å². The molecule has 2 heteroatoms. The van der Waals surface area contributed by atoms with E-state index in [1.165, 1.54) is 37.9 Å². The van der Waals surface area contributed by atoms with E-state index in [1.54, 1.807) is 0 Å². The molecule has 6 aromatic rings. The Morgan fingerprint density at radius 1 is 0.562 bits per heavy atom. The van der Waals surface area contributed by atoms with Crippen LogP contribution in [0.25, 0.3) is 32.3 Å². The van der Waals surface area contributed by atoms with Crippen molar-refractivity contribution in [3.63, 3.8) is 0 Å². The van der Waals surface area contributed by atoms with E-state index in [-0.39, 0.29) is 0 Å². The van der Waals surface area contributed by atoms with Crippen LogP contribution in [0.1, 0.15) is 11.1 Å². The molecule has 0 saturated heterocycles. The summed E-state index contributed by atoms with van der Waals surface area (Å²) in [6, 6.07) is 38.5. The highest BCUT2D eigenvalue weighted by atomic mass is 15.5. The van der Waals surface area contributed by atoms with Gasteiger partial charge in [0.05, 0.1) is 17.6 Å². The zero-order valence-corrected chi connectivity index (χ0v) is 17.9. The molecule has 0 heterocycles. The SMILES string of the molecule is Cc1ccc(N(N=Cc2ccc3ccc4cccc5ccc2c3c45)c2ccccc2)cc1. The summed E-state index contributed by atoms with van der Waals surface area (Å²) in [5.41, 5.74) is 4.42. The summed E-state index contributed by atoms with van der Waals surface area (Å²) < 4.78 is 0. The van der Waals surface area contributed by atoms with E-state index >= 15 is 0 Å². The Morgan fingerprint density at radius 3 is 1.94 bits per heavy atom. The molecule has 0 unspecified atom stereocenters. The van der Waals surface area contributed by atoms with Gasteiger partial charge < -0.3 is 0 Å². The van der Waals surface area contributed by atoms with Crippen molar-refractivity contribution in [2.24, 2.45) is 5.10 Å². The van der Waals surface area contributed by atoms with Gasteiger partial charge in [-0.2, -0.15) is 5.10 Å². The topological polar surface area (TPSA) is 15.6 Å². The molecule has 0 atom stereocenters. The average Bonchev–Trinajstić information content (AvgIpc) is 2.85. The Morgan fingerprint density at radius 2 is 1.19 bits per heavy atom. The molecule has 0 aliphatic rings. The first-order chi connectivity index (χ1) is 15.8. The summed E-state index contributed by atoms with van der Waals surface area (Å²) in [6.45, 7) is 2.10. The predicted octanol–water partition coefficient (Wildman–Crippen LogP) is 8.06. The number of para-hydroxylation sites is 1. The van der Waals surface area contributed by atoms with Crippen LogP contribution in [0, 0.1) is 6.92 Å². The van der Waals surface area contributed by atoms with E-state index in [2.05, 4.69) is 97.9 Å². The summed E-state index contributed by atoms with van der Waals surface area (Å²) in [5.74, 6) is 0. The summed E-state index contributed by atoms with van der Waals surface area (Å²) in [5, 5.41) is 14.6. The predicted molar refractivity (Wildman–Crippen MR) is 137 cm³/mol. The maximum absolute atomic E-state index is 4.95. The lowest BCUT2D eigenvalue weighted by Gasteiger charge is -2.19. The fraction of sp³-hybridized carbons (Fsp3) is 0.0333. The molecule has 0 spiro atoms. The average molecular weight is 411 g/mol. The van der Waals surface area contributed by atoms with E-state index in [1.807, 2.05) is 29.4 Å². The number of hydrogen-bond donors (Lipinski definition) is 0. The molecule has 0 fully saturated rings. The number of benzene rings is 6. The monoisotopic (exact) mass is 410 g/mol. The van der Waals surface area contributed by atoms with Crippen molar-refractivity contribution in [1.29, 1.82) is 0 Å². The normalized spacial score (nSPS) is 11.8. The van der Waals surface area contributed by atoms with Crippen molar-refractivity contribution in [3.8, 4) is 0 Å². The quantitative estimate of drug-likeness (QED) is 0.163. The fourth-order valence-electron chi connectivity index (χ4n) is 4.53. The number of nitrogens with zero attached hydrogens (tertiary/aromatic N) is 2. The first-order valence-electron chi connectivity index (χ1n) is 10.9. The molecule has 0 aliphatic carbocycles. The lowest BCUT2D eigenvalue weighted by molar-refractivity contribution is 1.09. The molecule has 0 saturated carbocycles. The van der Waals surface area contributed by atoms with Crippen LogP contribution in [0.15, 0.2) is 114 Å². The molecule has 152 valence electrons. The van der Waals surface area contributed by atoms with Gasteiger partial charge in [0.25, 0.3) is 0 Å². The Bertz CT molecular complexity index is 1550. The van der Waals surface area contributed by atoms with Gasteiger partial charge in [-0.05, 0) is 63.5 Å². The van der Waals surface area contributed by atoms with Gasteiger partial charge in [-0.15, -0.1) is 0 Å². The molecule has 0 N–H and O–H groups in total. The molecule has 0 amide bonds. The summed E-state index contributed by atoms with van der Waals surface area (Å²) in [6.07, 6.45) is 1.98. The maximum atomic E-state index is 4.95. The largest absolute Gasteiger partial charge is 0.234 e. The Hall–Kier alpha value is -4.17. The lowest BCUT2D eigenvalue weighted by atomic mass is 9.92. The third-order valence-corrected chi connectivity index (χ3v) is 6.15. The minimum Gasteiger partial charge on any atom is -0.234 e. The number of anilines is 2. The minimum absolute atomic E-state index is 1.03. The van der Waals surface area contributed by atoms with Gasteiger partial charge in [0.1, 0.15) is 0 Å². The second kappa shape index (κ2) is 7.51. The van der Waals surface area contributed by atoms with Crippen LogP contribution < -0.4 is 5.01 Å². The van der Waals surface area contributed by atoms with E-state index in [4.69, 9.17) is 5.10 Å². The summed E-state index contributed by atoms with van der Waals surface area (Å²) >= 11 is 0. The third-order valence-electron chi connectivity index (χ3n) is 6.15. The third kappa shape index (κ3) is 3.09. The van der Waals surface area contributed by atoms with Crippen molar-refractivity contribution in [1.82, 2.24) is 0 Å². The first kappa shape index (κ1) is 18.6. The first-order valence-corrected chi connectivity index (χ1v) is 10.9. The van der Waals surface area contributed by atoms with Crippen molar-refractivity contribution in [2.45, 2.75) is 6.92 Å². The zero-order valence-electron chi connectivity index (χ0n) is 17.9. The fourth-order valence-corrected chi connectivity index (χ4v) is 4.53. The van der Waals surface area contributed by atoms with Gasteiger partial charge in [0, 0.05) is 5.56 Å². The Balaban J connectivity index is 1.52. The molecule has 0 radical (unpaired) electrons. The van der Waals surface area contributed by atoms with Crippen LogP contribution in [0.5, 0.6) is 0 Å². The molecular formula is C30H22N2. The van der Waals surface area contributed by atoms with Gasteiger partial charge >= 0.3 is 0 Å². The Labute approximate surface area is 187 Å². The van der Waals surface area contributed by atoms with Crippen LogP contribution in [-0.4, -0.2) is 6.21 Å². The van der Waals surface area contributed by atoms with Gasteiger partial charge in [-0.3, -0.25) is 0 Å². The highest BCUT2D eigenvalue weighted by Gasteiger charge is 2.11. The van der Waals surface area contributed by atoms with Crippen LogP contribution in [0.2, 0.25) is 0 Å². The van der Waals surface area contributed by atoms with E-state index in [0.29, 0.717) is 0 Å². The highest BCUT2D eigenvalue weighted by molar-refractivity contribution is 6.25. The van der Waals surface area contributed by atoms with E-state index < -0.39 is 0 Å². The van der Waals surface area contributed by atoms with E-state index in [9.17, 15) is 0 Å². The molecule has 2 nitrogen and oxygen atoms in total. The smallest absolute Gasteiger partial charge is 0.0652 e. The van der Waals surface area contributed by atoms with Gasteiger partial charge in [-0.25, -0.2) is 5.01 Å². The number of hydrogen-bond acceptors (Lipinski definition) is 2. The zero-order chi connectivity index (χ0) is 21.5. The number of aryl methyl sites for hydroxylation is 1. The molecular weight excluding hydrogens is 388 g/mol. The molecule has 6 rings (SSSR count). The number of rotatable bonds is 4. The second-order valence-electron chi connectivity index (χ2n) is 8.24. The highest BCUT2D eigenvalue weighted by Crippen LogP contribution is 2.35.